The van der Waals surface area contributed by atoms with Gasteiger partial charge in [0, 0.05) is 45.3 Å². The molecule has 0 aromatic carbocycles. The minimum absolute atomic E-state index is 0.00228. The SMILES string of the molecule is CCN1CCN(C(=O)c2ccn[nH]2)C[C@@H]1c1nccn1C. The van der Waals surface area contributed by atoms with Crippen LogP contribution in [0, 0.1) is 0 Å². The largest absolute Gasteiger partial charge is 0.337 e. The van der Waals surface area contributed by atoms with Crippen LogP contribution in [0.2, 0.25) is 0 Å². The van der Waals surface area contributed by atoms with Crippen molar-refractivity contribution in [1.29, 1.82) is 0 Å². The summed E-state index contributed by atoms with van der Waals surface area (Å²) in [6.45, 7) is 5.32. The lowest BCUT2D eigenvalue weighted by atomic mass is 10.1. The maximum atomic E-state index is 12.5. The molecule has 3 rings (SSSR count). The van der Waals surface area contributed by atoms with E-state index in [1.165, 1.54) is 0 Å². The lowest BCUT2D eigenvalue weighted by molar-refractivity contribution is 0.0468. The lowest BCUT2D eigenvalue weighted by Gasteiger charge is -2.40. The Balaban J connectivity index is 1.81. The van der Waals surface area contributed by atoms with Gasteiger partial charge < -0.3 is 9.47 Å². The van der Waals surface area contributed by atoms with Gasteiger partial charge >= 0.3 is 0 Å². The zero-order chi connectivity index (χ0) is 14.8. The van der Waals surface area contributed by atoms with Crippen molar-refractivity contribution in [3.05, 3.63) is 36.2 Å². The van der Waals surface area contributed by atoms with E-state index in [1.54, 1.807) is 18.5 Å². The second-order valence-corrected chi connectivity index (χ2v) is 5.26. The number of hydrogen-bond acceptors (Lipinski definition) is 4. The van der Waals surface area contributed by atoms with Gasteiger partial charge in [-0.2, -0.15) is 5.10 Å². The highest BCUT2D eigenvalue weighted by Crippen LogP contribution is 2.24. The molecule has 21 heavy (non-hydrogen) atoms. The number of aromatic nitrogens is 4. The summed E-state index contributed by atoms with van der Waals surface area (Å²) in [4.78, 5) is 21.2. The number of piperazine rings is 1. The number of likely N-dealkylation sites (N-methyl/N-ethyl adjacent to an activating group) is 1. The van der Waals surface area contributed by atoms with Crippen molar-refractivity contribution in [2.24, 2.45) is 7.05 Å². The number of carbonyl (C=O) groups excluding carboxylic acids is 1. The monoisotopic (exact) mass is 288 g/mol. The second-order valence-electron chi connectivity index (χ2n) is 5.26. The lowest BCUT2D eigenvalue weighted by Crippen LogP contribution is -2.51. The van der Waals surface area contributed by atoms with Crippen LogP contribution in [0.5, 0.6) is 0 Å². The summed E-state index contributed by atoms with van der Waals surface area (Å²) in [6.07, 6.45) is 5.35. The highest BCUT2D eigenvalue weighted by atomic mass is 16.2. The third-order valence-electron chi connectivity index (χ3n) is 4.07. The van der Waals surface area contributed by atoms with Crippen molar-refractivity contribution >= 4 is 5.91 Å². The molecule has 1 saturated heterocycles. The summed E-state index contributed by atoms with van der Waals surface area (Å²) in [5.41, 5.74) is 0.540. The topological polar surface area (TPSA) is 70.1 Å². The summed E-state index contributed by atoms with van der Waals surface area (Å²) in [6, 6.07) is 1.85. The van der Waals surface area contributed by atoms with Crippen molar-refractivity contribution in [1.82, 2.24) is 29.5 Å². The van der Waals surface area contributed by atoms with Crippen LogP contribution < -0.4 is 0 Å². The fraction of sp³-hybridized carbons (Fsp3) is 0.500. The Morgan fingerprint density at radius 3 is 2.90 bits per heavy atom. The quantitative estimate of drug-likeness (QED) is 0.901. The molecule has 0 radical (unpaired) electrons. The van der Waals surface area contributed by atoms with Crippen LogP contribution >= 0.6 is 0 Å². The first-order chi connectivity index (χ1) is 10.2. The third-order valence-corrected chi connectivity index (χ3v) is 4.07. The van der Waals surface area contributed by atoms with E-state index >= 15 is 0 Å². The number of amides is 1. The van der Waals surface area contributed by atoms with Crippen LogP contribution in [0.4, 0.5) is 0 Å². The fourth-order valence-corrected chi connectivity index (χ4v) is 2.87. The van der Waals surface area contributed by atoms with E-state index < -0.39 is 0 Å². The Labute approximate surface area is 123 Å². The first kappa shape index (κ1) is 13.8. The molecule has 0 saturated carbocycles. The van der Waals surface area contributed by atoms with Crippen molar-refractivity contribution in [2.45, 2.75) is 13.0 Å². The van der Waals surface area contributed by atoms with Crippen LogP contribution in [0.25, 0.3) is 0 Å². The summed E-state index contributed by atoms with van der Waals surface area (Å²) in [5, 5.41) is 6.60. The van der Waals surface area contributed by atoms with Crippen LogP contribution in [-0.4, -0.2) is 61.6 Å². The molecule has 0 spiro atoms. The van der Waals surface area contributed by atoms with Gasteiger partial charge in [-0.05, 0) is 12.6 Å². The molecular weight excluding hydrogens is 268 g/mol. The molecule has 1 aliphatic rings. The molecule has 7 nitrogen and oxygen atoms in total. The molecule has 1 aliphatic heterocycles. The van der Waals surface area contributed by atoms with Gasteiger partial charge in [-0.25, -0.2) is 4.98 Å². The van der Waals surface area contributed by atoms with Gasteiger partial charge in [0.05, 0.1) is 6.04 Å². The van der Waals surface area contributed by atoms with Gasteiger partial charge in [0.2, 0.25) is 0 Å². The number of nitrogens with one attached hydrogen (secondary N) is 1. The summed E-state index contributed by atoms with van der Waals surface area (Å²) in [7, 11) is 1.99. The van der Waals surface area contributed by atoms with E-state index in [0.717, 1.165) is 25.5 Å². The molecule has 1 amide bonds. The van der Waals surface area contributed by atoms with E-state index in [-0.39, 0.29) is 11.9 Å². The summed E-state index contributed by atoms with van der Waals surface area (Å²) < 4.78 is 2.03. The minimum atomic E-state index is 0.00228. The van der Waals surface area contributed by atoms with Crippen LogP contribution in [-0.2, 0) is 7.05 Å². The number of imidazole rings is 1. The Morgan fingerprint density at radius 1 is 1.43 bits per heavy atom. The Morgan fingerprint density at radius 2 is 2.29 bits per heavy atom. The maximum Gasteiger partial charge on any atom is 0.271 e. The van der Waals surface area contributed by atoms with E-state index in [4.69, 9.17) is 0 Å². The molecule has 0 aliphatic carbocycles. The Hall–Kier alpha value is -2.15. The number of nitrogens with zero attached hydrogens (tertiary/aromatic N) is 5. The molecule has 1 atom stereocenters. The number of aryl methyl sites for hydroxylation is 1. The van der Waals surface area contributed by atoms with Crippen molar-refractivity contribution in [3.63, 3.8) is 0 Å². The Kier molecular flexibility index (Phi) is 3.74. The summed E-state index contributed by atoms with van der Waals surface area (Å²) in [5.74, 6) is 1.00. The molecule has 112 valence electrons. The Bertz CT molecular complexity index is 605. The van der Waals surface area contributed by atoms with Crippen molar-refractivity contribution in [3.8, 4) is 0 Å². The zero-order valence-electron chi connectivity index (χ0n) is 12.4. The molecule has 3 heterocycles. The number of aromatic amines is 1. The normalized spacial score (nSPS) is 19.9. The van der Waals surface area contributed by atoms with Gasteiger partial charge in [-0.15, -0.1) is 0 Å². The van der Waals surface area contributed by atoms with Gasteiger partial charge in [0.25, 0.3) is 5.91 Å². The highest BCUT2D eigenvalue weighted by Gasteiger charge is 2.32. The molecule has 1 fully saturated rings. The van der Waals surface area contributed by atoms with E-state index in [2.05, 4.69) is 27.0 Å². The zero-order valence-corrected chi connectivity index (χ0v) is 12.4. The smallest absolute Gasteiger partial charge is 0.271 e. The second kappa shape index (κ2) is 5.69. The fourth-order valence-electron chi connectivity index (χ4n) is 2.87. The molecule has 0 unspecified atom stereocenters. The van der Waals surface area contributed by atoms with Crippen molar-refractivity contribution in [2.75, 3.05) is 26.2 Å². The number of H-pyrrole nitrogens is 1. The van der Waals surface area contributed by atoms with Gasteiger partial charge in [0.1, 0.15) is 11.5 Å². The van der Waals surface area contributed by atoms with Crippen LogP contribution in [0.15, 0.2) is 24.7 Å². The molecule has 2 aromatic heterocycles. The first-order valence-electron chi connectivity index (χ1n) is 7.20. The van der Waals surface area contributed by atoms with Crippen LogP contribution in [0.3, 0.4) is 0 Å². The van der Waals surface area contributed by atoms with Crippen molar-refractivity contribution < 1.29 is 4.79 Å². The standard InChI is InChI=1S/C14H20N6O/c1-3-19-8-9-20(14(21)11-4-5-16-17-11)10-12(19)13-15-6-7-18(13)2/h4-7,12H,3,8-10H2,1-2H3,(H,16,17)/t12-/m1/s1. The van der Waals surface area contributed by atoms with Gasteiger partial charge in [-0.3, -0.25) is 14.8 Å². The summed E-state index contributed by atoms with van der Waals surface area (Å²) >= 11 is 0. The minimum Gasteiger partial charge on any atom is -0.337 e. The number of hydrogen-bond donors (Lipinski definition) is 1. The van der Waals surface area contributed by atoms with E-state index in [1.807, 2.05) is 22.7 Å². The van der Waals surface area contributed by atoms with Gasteiger partial charge in [-0.1, -0.05) is 6.92 Å². The predicted octanol–water partition coefficient (Wildman–Crippen LogP) is 0.662. The number of rotatable bonds is 3. The molecule has 0 bridgehead atoms. The molecular formula is C14H20N6O. The molecule has 2 aromatic rings. The maximum absolute atomic E-state index is 12.5. The molecule has 1 N–H and O–H groups in total. The average molecular weight is 288 g/mol. The average Bonchev–Trinajstić information content (AvgIpc) is 3.17. The molecule has 7 heteroatoms. The van der Waals surface area contributed by atoms with Crippen LogP contribution in [0.1, 0.15) is 29.3 Å². The van der Waals surface area contributed by atoms with Gasteiger partial charge in [0.15, 0.2) is 0 Å². The van der Waals surface area contributed by atoms with E-state index in [9.17, 15) is 4.79 Å². The predicted molar refractivity (Wildman–Crippen MR) is 77.7 cm³/mol. The first-order valence-corrected chi connectivity index (χ1v) is 7.20. The highest BCUT2D eigenvalue weighted by molar-refractivity contribution is 5.92. The third kappa shape index (κ3) is 2.56. The number of carbonyl (C=O) groups is 1. The van der Waals surface area contributed by atoms with E-state index in [0.29, 0.717) is 12.2 Å².